The Hall–Kier alpha value is -1.86. The zero-order valence-electron chi connectivity index (χ0n) is 13.8. The predicted octanol–water partition coefficient (Wildman–Crippen LogP) is 3.24. The second-order valence-corrected chi connectivity index (χ2v) is 6.84. The minimum atomic E-state index is -0.738. The molecular formula is C17H19NO4S2. The highest BCUT2D eigenvalue weighted by Crippen LogP contribution is 2.34. The van der Waals surface area contributed by atoms with E-state index in [9.17, 15) is 9.59 Å². The molecule has 1 heterocycles. The lowest BCUT2D eigenvalue weighted by molar-refractivity contribution is -0.147. The summed E-state index contributed by atoms with van der Waals surface area (Å²) in [6.07, 6.45) is 2.70. The van der Waals surface area contributed by atoms with Crippen LogP contribution in [0.1, 0.15) is 25.8 Å². The van der Waals surface area contributed by atoms with Crippen LogP contribution in [0.4, 0.5) is 0 Å². The maximum Gasteiger partial charge on any atom is 0.328 e. The maximum atomic E-state index is 12.5. The predicted molar refractivity (Wildman–Crippen MR) is 98.7 cm³/mol. The number of esters is 1. The molecule has 0 unspecified atom stereocenters. The average molecular weight is 365 g/mol. The lowest BCUT2D eigenvalue weighted by atomic mass is 10.2. The molecule has 1 aromatic carbocycles. The van der Waals surface area contributed by atoms with Gasteiger partial charge >= 0.3 is 5.97 Å². The standard InChI is InChI=1S/C17H19NO4S2/c1-4-9-22-13-7-5-12(6-8-13)10-14-15(19)18(17(23)24-14)11(2)16(20)21-3/h5-8,10-11H,4,9H2,1-3H3/b14-10-/t11-/m0/s1. The first-order valence-electron chi connectivity index (χ1n) is 7.55. The van der Waals surface area contributed by atoms with Crippen molar-refractivity contribution in [1.29, 1.82) is 0 Å². The highest BCUT2D eigenvalue weighted by molar-refractivity contribution is 8.26. The van der Waals surface area contributed by atoms with Gasteiger partial charge in [0.2, 0.25) is 0 Å². The van der Waals surface area contributed by atoms with E-state index in [2.05, 4.69) is 4.74 Å². The number of thioether (sulfide) groups is 1. The zero-order valence-corrected chi connectivity index (χ0v) is 15.4. The van der Waals surface area contributed by atoms with E-state index in [0.717, 1.165) is 17.7 Å². The molecule has 5 nitrogen and oxygen atoms in total. The van der Waals surface area contributed by atoms with Crippen molar-refractivity contribution >= 4 is 46.3 Å². The molecule has 1 amide bonds. The highest BCUT2D eigenvalue weighted by Gasteiger charge is 2.38. The molecule has 0 aromatic heterocycles. The number of hydrogen-bond donors (Lipinski definition) is 0. The second-order valence-electron chi connectivity index (χ2n) is 5.17. The molecule has 1 aromatic rings. The van der Waals surface area contributed by atoms with Crippen molar-refractivity contribution in [2.75, 3.05) is 13.7 Å². The Bertz CT molecular complexity index is 670. The van der Waals surface area contributed by atoms with Crippen molar-refractivity contribution in [3.63, 3.8) is 0 Å². The number of rotatable bonds is 6. The normalized spacial score (nSPS) is 17.3. The van der Waals surface area contributed by atoms with Crippen LogP contribution < -0.4 is 4.74 Å². The summed E-state index contributed by atoms with van der Waals surface area (Å²) in [7, 11) is 1.29. The molecule has 1 aliphatic heterocycles. The number of carbonyl (C=O) groups excluding carboxylic acids is 2. The number of thiocarbonyl (C=S) groups is 1. The minimum absolute atomic E-state index is 0.283. The monoisotopic (exact) mass is 365 g/mol. The Balaban J connectivity index is 2.15. The van der Waals surface area contributed by atoms with Gasteiger partial charge in [-0.2, -0.15) is 0 Å². The van der Waals surface area contributed by atoms with E-state index in [1.165, 1.54) is 23.8 Å². The van der Waals surface area contributed by atoms with Gasteiger partial charge in [0.25, 0.3) is 5.91 Å². The van der Waals surface area contributed by atoms with E-state index in [-0.39, 0.29) is 5.91 Å². The largest absolute Gasteiger partial charge is 0.494 e. The van der Waals surface area contributed by atoms with Crippen molar-refractivity contribution in [3.05, 3.63) is 34.7 Å². The summed E-state index contributed by atoms with van der Waals surface area (Å²) in [5, 5.41) is 0. The summed E-state index contributed by atoms with van der Waals surface area (Å²) in [5.74, 6) is 0.0139. The third kappa shape index (κ3) is 4.15. The molecule has 0 N–H and O–H groups in total. The molecule has 0 saturated carbocycles. The zero-order chi connectivity index (χ0) is 17.7. The van der Waals surface area contributed by atoms with Crippen molar-refractivity contribution in [3.8, 4) is 5.75 Å². The van der Waals surface area contributed by atoms with E-state index >= 15 is 0 Å². The number of amides is 1. The third-order valence-corrected chi connectivity index (χ3v) is 4.73. The molecule has 1 atom stereocenters. The molecule has 2 rings (SSSR count). The van der Waals surface area contributed by atoms with E-state index in [0.29, 0.717) is 15.8 Å². The van der Waals surface area contributed by atoms with Crippen LogP contribution in [0.3, 0.4) is 0 Å². The van der Waals surface area contributed by atoms with Crippen LogP contribution >= 0.6 is 24.0 Å². The highest BCUT2D eigenvalue weighted by atomic mass is 32.2. The van der Waals surface area contributed by atoms with Crippen molar-refractivity contribution in [2.45, 2.75) is 26.3 Å². The molecule has 0 bridgehead atoms. The van der Waals surface area contributed by atoms with Gasteiger partial charge in [-0.3, -0.25) is 9.69 Å². The number of ether oxygens (including phenoxy) is 2. The van der Waals surface area contributed by atoms with Crippen molar-refractivity contribution < 1.29 is 19.1 Å². The summed E-state index contributed by atoms with van der Waals surface area (Å²) >= 11 is 6.40. The van der Waals surface area contributed by atoms with E-state index in [1.807, 2.05) is 31.2 Å². The van der Waals surface area contributed by atoms with Gasteiger partial charge in [-0.1, -0.05) is 43.0 Å². The molecule has 1 fully saturated rings. The summed E-state index contributed by atoms with van der Waals surface area (Å²) in [6, 6.07) is 6.74. The fourth-order valence-corrected chi connectivity index (χ4v) is 3.54. The van der Waals surface area contributed by atoms with E-state index in [1.54, 1.807) is 13.0 Å². The average Bonchev–Trinajstić information content (AvgIpc) is 2.86. The summed E-state index contributed by atoms with van der Waals surface area (Å²) < 4.78 is 10.6. The van der Waals surface area contributed by atoms with Crippen LogP contribution in [-0.2, 0) is 14.3 Å². The first-order valence-corrected chi connectivity index (χ1v) is 8.78. The van der Waals surface area contributed by atoms with Crippen LogP contribution in [0.5, 0.6) is 5.75 Å². The molecule has 128 valence electrons. The fourth-order valence-electron chi connectivity index (χ4n) is 2.12. The molecule has 0 radical (unpaired) electrons. The van der Waals surface area contributed by atoms with Crippen LogP contribution in [-0.4, -0.2) is 40.9 Å². The van der Waals surface area contributed by atoms with Gasteiger partial charge in [0, 0.05) is 0 Å². The quantitative estimate of drug-likeness (QED) is 0.438. The number of carbonyl (C=O) groups is 2. The van der Waals surface area contributed by atoms with Gasteiger partial charge in [0.05, 0.1) is 18.6 Å². The van der Waals surface area contributed by atoms with Gasteiger partial charge in [-0.15, -0.1) is 0 Å². The van der Waals surface area contributed by atoms with Crippen molar-refractivity contribution in [2.24, 2.45) is 0 Å². The van der Waals surface area contributed by atoms with Crippen LogP contribution in [0.2, 0.25) is 0 Å². The van der Waals surface area contributed by atoms with Gasteiger partial charge in [0.1, 0.15) is 16.1 Å². The van der Waals surface area contributed by atoms with Gasteiger partial charge in [-0.25, -0.2) is 4.79 Å². The Kier molecular flexibility index (Phi) is 6.39. The van der Waals surface area contributed by atoms with E-state index < -0.39 is 12.0 Å². The fraction of sp³-hybridized carbons (Fsp3) is 0.353. The van der Waals surface area contributed by atoms with Gasteiger partial charge < -0.3 is 9.47 Å². The maximum absolute atomic E-state index is 12.5. The topological polar surface area (TPSA) is 55.8 Å². The number of methoxy groups -OCH3 is 1. The van der Waals surface area contributed by atoms with Crippen LogP contribution in [0, 0.1) is 0 Å². The molecule has 0 spiro atoms. The molecule has 0 aliphatic carbocycles. The number of nitrogens with zero attached hydrogens (tertiary/aromatic N) is 1. The Labute approximate surface area is 151 Å². The Morgan fingerprint density at radius 2 is 2.04 bits per heavy atom. The summed E-state index contributed by atoms with van der Waals surface area (Å²) in [4.78, 5) is 25.9. The summed E-state index contributed by atoms with van der Waals surface area (Å²) in [6.45, 7) is 4.31. The van der Waals surface area contributed by atoms with Crippen LogP contribution in [0.15, 0.2) is 29.2 Å². The SMILES string of the molecule is CCCOc1ccc(/C=C2\SC(=S)N([C@@H](C)C(=O)OC)C2=O)cc1. The molecule has 24 heavy (non-hydrogen) atoms. The summed E-state index contributed by atoms with van der Waals surface area (Å²) in [5.41, 5.74) is 0.866. The minimum Gasteiger partial charge on any atom is -0.494 e. The lowest BCUT2D eigenvalue weighted by Crippen LogP contribution is -2.42. The first kappa shape index (κ1) is 18.5. The smallest absolute Gasteiger partial charge is 0.328 e. The molecule has 1 saturated heterocycles. The number of benzene rings is 1. The second kappa shape index (κ2) is 8.30. The molecular weight excluding hydrogens is 346 g/mol. The van der Waals surface area contributed by atoms with Crippen LogP contribution in [0.25, 0.3) is 6.08 Å². The number of hydrogen-bond acceptors (Lipinski definition) is 6. The van der Waals surface area contributed by atoms with Gasteiger partial charge in [0.15, 0.2) is 0 Å². The Morgan fingerprint density at radius 1 is 1.38 bits per heavy atom. The first-order chi connectivity index (χ1) is 11.5. The van der Waals surface area contributed by atoms with Gasteiger partial charge in [-0.05, 0) is 37.1 Å². The molecule has 7 heteroatoms. The molecule has 1 aliphatic rings. The lowest BCUT2D eigenvalue weighted by Gasteiger charge is -2.20. The Morgan fingerprint density at radius 3 is 2.62 bits per heavy atom. The third-order valence-electron chi connectivity index (χ3n) is 3.40. The van der Waals surface area contributed by atoms with Crippen molar-refractivity contribution in [1.82, 2.24) is 4.90 Å². The van der Waals surface area contributed by atoms with E-state index in [4.69, 9.17) is 17.0 Å².